The number of amides is 2. The van der Waals surface area contributed by atoms with E-state index in [0.717, 1.165) is 17.3 Å². The number of ether oxygens (including phenoxy) is 2. The lowest BCUT2D eigenvalue weighted by molar-refractivity contribution is 0.0996. The molecule has 0 fully saturated rings. The monoisotopic (exact) mass is 497 g/mol. The predicted molar refractivity (Wildman–Crippen MR) is 132 cm³/mol. The number of methoxy groups -OCH3 is 2. The largest absolute Gasteiger partial charge is 0.492 e. The summed E-state index contributed by atoms with van der Waals surface area (Å²) >= 11 is 1.16. The molecule has 10 heteroatoms. The van der Waals surface area contributed by atoms with Gasteiger partial charge in [0.1, 0.15) is 0 Å². The maximum absolute atomic E-state index is 14.2. The Morgan fingerprint density at radius 2 is 1.89 bits per heavy atom. The zero-order valence-corrected chi connectivity index (χ0v) is 20.2. The van der Waals surface area contributed by atoms with Crippen LogP contribution in [0, 0.1) is 5.82 Å². The molecule has 1 aliphatic heterocycles. The topological polar surface area (TPSA) is 93.4 Å². The summed E-state index contributed by atoms with van der Waals surface area (Å²) in [5.41, 5.74) is 2.58. The Labute approximate surface area is 206 Å². The summed E-state index contributed by atoms with van der Waals surface area (Å²) in [5.74, 6) is -0.462. The van der Waals surface area contributed by atoms with Crippen molar-refractivity contribution in [2.75, 3.05) is 19.5 Å². The highest BCUT2D eigenvalue weighted by molar-refractivity contribution is 8.14. The Hall–Kier alpha value is -3.79. The van der Waals surface area contributed by atoms with Crippen molar-refractivity contribution >= 4 is 34.3 Å². The number of hydrogen-bond donors (Lipinski definition) is 1. The first kappa shape index (κ1) is 24.3. The van der Waals surface area contributed by atoms with Gasteiger partial charge in [-0.1, -0.05) is 30.8 Å². The molecule has 2 heterocycles. The molecule has 1 aliphatic rings. The number of furan rings is 1. The lowest BCUT2D eigenvalue weighted by Crippen LogP contribution is -2.35. The number of carbonyl (C=O) groups excluding carboxylic acids is 2. The average Bonchev–Trinajstić information content (AvgIpc) is 3.41. The summed E-state index contributed by atoms with van der Waals surface area (Å²) in [7, 11) is 2.81. The van der Waals surface area contributed by atoms with Gasteiger partial charge in [0.25, 0.3) is 5.91 Å². The first-order chi connectivity index (χ1) is 16.9. The number of thioether (sulfide) groups is 1. The smallest absolute Gasteiger partial charge is 0.302 e. The van der Waals surface area contributed by atoms with Crippen molar-refractivity contribution in [3.63, 3.8) is 0 Å². The molecular formula is C25H24FN3O5S. The number of anilines is 1. The van der Waals surface area contributed by atoms with Crippen molar-refractivity contribution in [1.29, 1.82) is 0 Å². The highest BCUT2D eigenvalue weighted by Crippen LogP contribution is 2.38. The van der Waals surface area contributed by atoms with Crippen LogP contribution in [0.15, 0.2) is 64.3 Å². The van der Waals surface area contributed by atoms with Gasteiger partial charge in [0.05, 0.1) is 38.0 Å². The molecule has 3 aromatic rings. The first-order valence-corrected chi connectivity index (χ1v) is 11.7. The van der Waals surface area contributed by atoms with Crippen LogP contribution in [0.25, 0.3) is 0 Å². The van der Waals surface area contributed by atoms with Crippen LogP contribution in [-0.2, 0) is 6.54 Å². The molecule has 1 atom stereocenters. The van der Waals surface area contributed by atoms with E-state index in [-0.39, 0.29) is 40.2 Å². The molecule has 0 bridgehead atoms. The number of nitrogens with one attached hydrogen (secondary N) is 1. The molecule has 35 heavy (non-hydrogen) atoms. The molecule has 1 unspecified atom stereocenters. The molecule has 8 nitrogen and oxygen atoms in total. The zero-order chi connectivity index (χ0) is 24.9. The van der Waals surface area contributed by atoms with E-state index in [9.17, 15) is 14.0 Å². The van der Waals surface area contributed by atoms with Gasteiger partial charge in [0, 0.05) is 11.3 Å². The molecule has 0 aliphatic carbocycles. The van der Waals surface area contributed by atoms with Gasteiger partial charge in [-0.2, -0.15) is 5.10 Å². The summed E-state index contributed by atoms with van der Waals surface area (Å²) in [6.07, 6.45) is 2.08. The Kier molecular flexibility index (Phi) is 7.40. The number of hydrazone groups is 1. The quantitative estimate of drug-likeness (QED) is 0.439. The molecule has 2 aromatic carbocycles. The number of nitrogens with zero attached hydrogens (tertiary/aromatic N) is 2. The van der Waals surface area contributed by atoms with Crippen molar-refractivity contribution in [1.82, 2.24) is 5.01 Å². The normalized spacial score (nSPS) is 15.5. The second-order valence-electron chi connectivity index (χ2n) is 7.61. The van der Waals surface area contributed by atoms with Gasteiger partial charge in [-0.3, -0.25) is 9.59 Å². The van der Waals surface area contributed by atoms with E-state index >= 15 is 0 Å². The van der Waals surface area contributed by atoms with E-state index in [2.05, 4.69) is 10.4 Å². The minimum Gasteiger partial charge on any atom is -0.492 e. The summed E-state index contributed by atoms with van der Waals surface area (Å²) in [6, 6.07) is 13.2. The van der Waals surface area contributed by atoms with Crippen molar-refractivity contribution in [2.24, 2.45) is 5.10 Å². The van der Waals surface area contributed by atoms with E-state index in [1.54, 1.807) is 42.5 Å². The van der Waals surface area contributed by atoms with Crippen LogP contribution in [0.4, 0.5) is 14.9 Å². The lowest BCUT2D eigenvalue weighted by atomic mass is 10.0. The fourth-order valence-corrected chi connectivity index (χ4v) is 4.60. The van der Waals surface area contributed by atoms with Gasteiger partial charge in [-0.15, -0.1) is 0 Å². The van der Waals surface area contributed by atoms with Crippen molar-refractivity contribution in [3.8, 4) is 11.5 Å². The highest BCUT2D eigenvalue weighted by Gasteiger charge is 2.33. The second-order valence-corrected chi connectivity index (χ2v) is 8.77. The lowest BCUT2D eigenvalue weighted by Gasteiger charge is -2.29. The van der Waals surface area contributed by atoms with Crippen LogP contribution in [0.1, 0.15) is 35.0 Å². The molecule has 1 aromatic heterocycles. The van der Waals surface area contributed by atoms with Gasteiger partial charge < -0.3 is 19.2 Å². The van der Waals surface area contributed by atoms with Gasteiger partial charge in [-0.05, 0) is 48.4 Å². The third kappa shape index (κ3) is 5.17. The highest BCUT2D eigenvalue weighted by atomic mass is 32.2. The van der Waals surface area contributed by atoms with E-state index < -0.39 is 5.82 Å². The van der Waals surface area contributed by atoms with Gasteiger partial charge in [0.2, 0.25) is 0 Å². The molecule has 182 valence electrons. The number of rotatable bonds is 8. The maximum atomic E-state index is 14.2. The summed E-state index contributed by atoms with van der Waals surface area (Å²) < 4.78 is 30.0. The van der Waals surface area contributed by atoms with Crippen LogP contribution in [0.5, 0.6) is 11.5 Å². The molecule has 0 saturated heterocycles. The summed E-state index contributed by atoms with van der Waals surface area (Å²) in [4.78, 5) is 25.0. The van der Waals surface area contributed by atoms with Crippen LogP contribution in [0.2, 0.25) is 0 Å². The van der Waals surface area contributed by atoms with Crippen molar-refractivity contribution < 1.29 is 27.9 Å². The van der Waals surface area contributed by atoms with E-state index in [1.807, 2.05) is 6.92 Å². The fourth-order valence-electron chi connectivity index (χ4n) is 3.68. The fraction of sp³-hybridized carbons (Fsp3) is 0.240. The number of halogens is 1. The molecule has 0 radical (unpaired) electrons. The number of carbonyl (C=O) groups is 2. The zero-order valence-electron chi connectivity index (χ0n) is 19.4. The molecule has 0 saturated carbocycles. The number of benzene rings is 2. The molecule has 2 amide bonds. The molecule has 4 rings (SSSR count). The van der Waals surface area contributed by atoms with Crippen LogP contribution >= 0.6 is 11.8 Å². The Balaban J connectivity index is 1.58. The minimum absolute atomic E-state index is 0.0109. The van der Waals surface area contributed by atoms with Crippen LogP contribution < -0.4 is 14.8 Å². The molecule has 1 N–H and O–H groups in total. The van der Waals surface area contributed by atoms with Crippen molar-refractivity contribution in [3.05, 3.63) is 77.5 Å². The third-order valence-electron chi connectivity index (χ3n) is 5.40. The summed E-state index contributed by atoms with van der Waals surface area (Å²) in [6.45, 7) is 2.18. The predicted octanol–water partition coefficient (Wildman–Crippen LogP) is 5.54. The van der Waals surface area contributed by atoms with E-state index in [0.29, 0.717) is 23.4 Å². The van der Waals surface area contributed by atoms with Gasteiger partial charge in [-0.25, -0.2) is 9.40 Å². The van der Waals surface area contributed by atoms with Crippen LogP contribution in [0.3, 0.4) is 0 Å². The van der Waals surface area contributed by atoms with Crippen molar-refractivity contribution in [2.45, 2.75) is 25.1 Å². The molecular weight excluding hydrogens is 473 g/mol. The maximum Gasteiger partial charge on any atom is 0.302 e. The average molecular weight is 498 g/mol. The Morgan fingerprint density at radius 1 is 1.14 bits per heavy atom. The van der Waals surface area contributed by atoms with E-state index in [1.165, 1.54) is 31.6 Å². The first-order valence-electron chi connectivity index (χ1n) is 10.9. The number of hydrogen-bond acceptors (Lipinski definition) is 7. The van der Waals surface area contributed by atoms with Gasteiger partial charge in [0.15, 0.2) is 23.1 Å². The summed E-state index contributed by atoms with van der Waals surface area (Å²) in [5, 5.41) is 8.35. The standard InChI is InChI=1S/C25H24FN3O5S/c1-4-20-21(17-11-12-18(26)23(33-3)22(17)32-2)28-29(25(31)35-20)14-15-7-9-16(10-8-15)27-24(30)19-6-5-13-34-19/h5-13,20H,4,14H2,1-3H3,(H,27,30). The Bertz CT molecular complexity index is 1240. The van der Waals surface area contributed by atoms with Crippen LogP contribution in [-0.4, -0.2) is 41.3 Å². The molecule has 0 spiro atoms. The third-order valence-corrected chi connectivity index (χ3v) is 6.65. The minimum atomic E-state index is -0.544. The second kappa shape index (κ2) is 10.6. The van der Waals surface area contributed by atoms with E-state index in [4.69, 9.17) is 13.9 Å². The Morgan fingerprint density at radius 3 is 2.51 bits per heavy atom. The van der Waals surface area contributed by atoms with Gasteiger partial charge >= 0.3 is 5.24 Å². The SMILES string of the molecule is CCC1SC(=O)N(Cc2ccc(NC(=O)c3ccco3)cc2)N=C1c1ccc(F)c(OC)c1OC.